The van der Waals surface area contributed by atoms with Crippen molar-refractivity contribution < 1.29 is 31.5 Å². The zero-order valence-corrected chi connectivity index (χ0v) is 9.68. The second-order valence-corrected chi connectivity index (χ2v) is 4.98. The number of hydrogen-bond donors (Lipinski definition) is 3. The summed E-state index contributed by atoms with van der Waals surface area (Å²) in [6, 6.07) is 0. The monoisotopic (exact) mass is 287 g/mol. The third-order valence-corrected chi connectivity index (χ3v) is 3.39. The second-order valence-electron chi connectivity index (χ2n) is 3.27. The first kappa shape index (κ1) is 14.4. The number of carboxylic acids is 1. The van der Waals surface area contributed by atoms with Gasteiger partial charge in [0.05, 0.1) is 5.69 Å². The largest absolute Gasteiger partial charge is 0.476 e. The number of carbonyl (C=O) groups is 1. The number of H-pyrrole nitrogens is 1. The Labute approximate surface area is 99.1 Å². The third-order valence-electron chi connectivity index (χ3n) is 1.83. The normalized spacial score (nSPS) is 12.7. The molecule has 0 fully saturated rings. The topological polar surface area (TPSA) is 112 Å². The molecule has 1 heterocycles. The van der Waals surface area contributed by atoms with E-state index in [0.717, 1.165) is 0 Å². The lowest BCUT2D eigenvalue weighted by Crippen LogP contribution is -2.34. The van der Waals surface area contributed by atoms with Crippen molar-refractivity contribution in [2.75, 3.05) is 6.54 Å². The zero-order chi connectivity index (χ0) is 14.1. The van der Waals surface area contributed by atoms with Gasteiger partial charge in [-0.25, -0.2) is 17.9 Å². The van der Waals surface area contributed by atoms with Crippen LogP contribution < -0.4 is 4.72 Å². The Kier molecular flexibility index (Phi) is 3.67. The Morgan fingerprint density at radius 2 is 2.06 bits per heavy atom. The molecule has 11 heteroatoms. The summed E-state index contributed by atoms with van der Waals surface area (Å²) in [6.45, 7) is -0.611. The molecule has 3 N–H and O–H groups in total. The van der Waals surface area contributed by atoms with Crippen LogP contribution in [0.3, 0.4) is 0 Å². The lowest BCUT2D eigenvalue weighted by molar-refractivity contribution is -0.121. The standard InChI is InChI=1S/C7H8F3N3O4S/c1-3-5(4(6(14)15)13-12-3)18(16,17)11-2-7(8,9)10/h11H,2H2,1H3,(H,12,13)(H,14,15). The molecule has 0 bridgehead atoms. The predicted octanol–water partition coefficient (Wildman–Crippen LogP) is 0.257. The molecule has 0 amide bonds. The van der Waals surface area contributed by atoms with Gasteiger partial charge in [0.25, 0.3) is 0 Å². The predicted molar refractivity (Wildman–Crippen MR) is 51.5 cm³/mol. The highest BCUT2D eigenvalue weighted by Crippen LogP contribution is 2.19. The average molecular weight is 287 g/mol. The summed E-state index contributed by atoms with van der Waals surface area (Å²) in [6.07, 6.45) is -4.74. The second kappa shape index (κ2) is 4.57. The molecule has 0 saturated carbocycles. The molecule has 1 aromatic rings. The molecule has 0 spiro atoms. The highest BCUT2D eigenvalue weighted by Gasteiger charge is 2.33. The molecule has 102 valence electrons. The number of halogens is 3. The van der Waals surface area contributed by atoms with Crippen LogP contribution in [0.5, 0.6) is 0 Å². The van der Waals surface area contributed by atoms with Crippen molar-refractivity contribution in [2.24, 2.45) is 0 Å². The number of aromatic nitrogens is 2. The van der Waals surface area contributed by atoms with E-state index in [4.69, 9.17) is 5.11 Å². The van der Waals surface area contributed by atoms with Crippen molar-refractivity contribution in [1.82, 2.24) is 14.9 Å². The summed E-state index contributed by atoms with van der Waals surface area (Å²) < 4.78 is 60.1. The maximum absolute atomic E-state index is 11.9. The van der Waals surface area contributed by atoms with E-state index in [2.05, 4.69) is 10.2 Å². The van der Waals surface area contributed by atoms with Crippen LogP contribution in [0.1, 0.15) is 16.2 Å². The van der Waals surface area contributed by atoms with Gasteiger partial charge in [-0.15, -0.1) is 0 Å². The third kappa shape index (κ3) is 3.20. The molecule has 0 radical (unpaired) electrons. The fourth-order valence-corrected chi connectivity index (χ4v) is 2.48. The fraction of sp³-hybridized carbons (Fsp3) is 0.429. The molecule has 0 aliphatic heterocycles. The average Bonchev–Trinajstić information content (AvgIpc) is 2.57. The van der Waals surface area contributed by atoms with E-state index in [1.165, 1.54) is 11.6 Å². The van der Waals surface area contributed by atoms with Gasteiger partial charge in [0, 0.05) is 0 Å². The Morgan fingerprint density at radius 1 is 1.50 bits per heavy atom. The molecule has 0 aliphatic rings. The van der Waals surface area contributed by atoms with E-state index in [0.29, 0.717) is 0 Å². The van der Waals surface area contributed by atoms with Crippen molar-refractivity contribution in [1.29, 1.82) is 0 Å². The first-order valence-corrected chi connectivity index (χ1v) is 5.87. The van der Waals surface area contributed by atoms with Crippen LogP contribution in [-0.2, 0) is 10.0 Å². The van der Waals surface area contributed by atoms with Gasteiger partial charge in [-0.3, -0.25) is 5.10 Å². The van der Waals surface area contributed by atoms with E-state index in [-0.39, 0.29) is 5.69 Å². The lowest BCUT2D eigenvalue weighted by atomic mass is 10.4. The van der Waals surface area contributed by atoms with Crippen LogP contribution in [0.25, 0.3) is 0 Å². The van der Waals surface area contributed by atoms with Gasteiger partial charge < -0.3 is 5.11 Å². The van der Waals surface area contributed by atoms with Crippen molar-refractivity contribution >= 4 is 16.0 Å². The Balaban J connectivity index is 3.13. The smallest absolute Gasteiger partial charge is 0.402 e. The zero-order valence-electron chi connectivity index (χ0n) is 8.87. The van der Waals surface area contributed by atoms with E-state index in [1.807, 2.05) is 0 Å². The van der Waals surface area contributed by atoms with Crippen LogP contribution in [0.4, 0.5) is 13.2 Å². The van der Waals surface area contributed by atoms with Gasteiger partial charge in [0.15, 0.2) is 5.69 Å². The van der Waals surface area contributed by atoms with Crippen LogP contribution in [0.2, 0.25) is 0 Å². The van der Waals surface area contributed by atoms with Crippen LogP contribution in [0.15, 0.2) is 4.90 Å². The van der Waals surface area contributed by atoms with Crippen molar-refractivity contribution in [3.05, 3.63) is 11.4 Å². The molecule has 0 aromatic carbocycles. The Morgan fingerprint density at radius 3 is 2.50 bits per heavy atom. The minimum absolute atomic E-state index is 0.165. The van der Waals surface area contributed by atoms with Crippen LogP contribution >= 0.6 is 0 Å². The number of aromatic carboxylic acids is 1. The summed E-state index contributed by atoms with van der Waals surface area (Å²) in [5.41, 5.74) is -1.02. The Bertz CT molecular complexity index is 563. The minimum atomic E-state index is -4.74. The van der Waals surface area contributed by atoms with E-state index >= 15 is 0 Å². The summed E-state index contributed by atoms with van der Waals surface area (Å²) in [5.74, 6) is -1.66. The highest BCUT2D eigenvalue weighted by molar-refractivity contribution is 7.89. The first-order valence-electron chi connectivity index (χ1n) is 4.39. The van der Waals surface area contributed by atoms with Crippen molar-refractivity contribution in [3.8, 4) is 0 Å². The van der Waals surface area contributed by atoms with Crippen LogP contribution in [0, 0.1) is 6.92 Å². The molecule has 0 atom stereocenters. The van der Waals surface area contributed by atoms with Gasteiger partial charge in [0.2, 0.25) is 10.0 Å². The van der Waals surface area contributed by atoms with Gasteiger partial charge in [0.1, 0.15) is 11.4 Å². The summed E-state index contributed by atoms with van der Waals surface area (Å²) >= 11 is 0. The number of sulfonamides is 1. The van der Waals surface area contributed by atoms with Gasteiger partial charge >= 0.3 is 12.1 Å². The summed E-state index contributed by atoms with van der Waals surface area (Å²) in [4.78, 5) is 9.88. The van der Waals surface area contributed by atoms with Gasteiger partial charge in [-0.05, 0) is 6.92 Å². The number of aromatic amines is 1. The molecule has 0 aliphatic carbocycles. The van der Waals surface area contributed by atoms with E-state index in [1.54, 1.807) is 0 Å². The molecule has 1 rings (SSSR count). The molecular formula is C7H8F3N3O4S. The molecular weight excluding hydrogens is 279 g/mol. The maximum Gasteiger partial charge on any atom is 0.402 e. The number of rotatable bonds is 4. The fourth-order valence-electron chi connectivity index (χ4n) is 1.14. The van der Waals surface area contributed by atoms with Gasteiger partial charge in [-0.2, -0.15) is 18.3 Å². The van der Waals surface area contributed by atoms with E-state index < -0.39 is 39.3 Å². The number of hydrogen-bond acceptors (Lipinski definition) is 4. The van der Waals surface area contributed by atoms with Crippen molar-refractivity contribution in [2.45, 2.75) is 18.0 Å². The molecule has 7 nitrogen and oxygen atoms in total. The minimum Gasteiger partial charge on any atom is -0.476 e. The van der Waals surface area contributed by atoms with Gasteiger partial charge in [-0.1, -0.05) is 0 Å². The van der Waals surface area contributed by atoms with E-state index in [9.17, 15) is 26.4 Å². The number of aryl methyl sites for hydroxylation is 1. The van der Waals surface area contributed by atoms with Crippen molar-refractivity contribution in [3.63, 3.8) is 0 Å². The first-order chi connectivity index (χ1) is 8.04. The molecule has 0 unspecified atom stereocenters. The number of nitrogens with one attached hydrogen (secondary N) is 2. The number of alkyl halides is 3. The molecule has 18 heavy (non-hydrogen) atoms. The Hall–Kier alpha value is -1.62. The number of nitrogens with zero attached hydrogens (tertiary/aromatic N) is 1. The molecule has 0 saturated heterocycles. The lowest BCUT2D eigenvalue weighted by Gasteiger charge is -2.09. The molecule has 1 aromatic heterocycles. The maximum atomic E-state index is 11.9. The SMILES string of the molecule is Cc1[nH]nc(C(=O)O)c1S(=O)(=O)NCC(F)(F)F. The van der Waals surface area contributed by atoms with Crippen LogP contribution in [-0.4, -0.2) is 42.4 Å². The number of carboxylic acid groups (broad SMARTS) is 1. The summed E-state index contributed by atoms with van der Waals surface area (Å²) in [5, 5.41) is 14.0. The summed E-state index contributed by atoms with van der Waals surface area (Å²) in [7, 11) is -4.60. The quantitative estimate of drug-likeness (QED) is 0.735. The highest BCUT2D eigenvalue weighted by atomic mass is 32.2.